The van der Waals surface area contributed by atoms with Crippen LogP contribution in [0.4, 0.5) is 0 Å². The molecule has 100 valence electrons. The molecule has 3 rings (SSSR count). The molecule has 0 bridgehead atoms. The van der Waals surface area contributed by atoms with Gasteiger partial charge in [0.05, 0.1) is 13.2 Å². The number of hydrogen-bond donors (Lipinski definition) is 2. The number of carbonyl (C=O) groups excluding carboxylic acids is 2. The molecule has 0 aromatic heterocycles. The summed E-state index contributed by atoms with van der Waals surface area (Å²) in [7, 11) is 0. The quantitative estimate of drug-likeness (QED) is 0.737. The number of aliphatic hydroxyl groups is 2. The predicted octanol–water partition coefficient (Wildman–Crippen LogP) is 1.45. The third-order valence-electron chi connectivity index (χ3n) is 3.55. The standard InChI is InChI=1S/C16H12O4/c17-7-9-4-5-11-13(6-9)16(20)14-10(8-18)2-1-3-12(14)15(11)19/h1-6,17-18H,7-8H2. The van der Waals surface area contributed by atoms with E-state index in [4.69, 9.17) is 5.11 Å². The Morgan fingerprint density at radius 2 is 1.60 bits per heavy atom. The monoisotopic (exact) mass is 268 g/mol. The Labute approximate surface area is 115 Å². The van der Waals surface area contributed by atoms with Crippen molar-refractivity contribution in [3.8, 4) is 0 Å². The molecule has 0 saturated carbocycles. The maximum absolute atomic E-state index is 12.6. The Morgan fingerprint density at radius 3 is 2.30 bits per heavy atom. The van der Waals surface area contributed by atoms with Gasteiger partial charge >= 0.3 is 0 Å². The lowest BCUT2D eigenvalue weighted by atomic mass is 9.81. The lowest BCUT2D eigenvalue weighted by molar-refractivity contribution is 0.0976. The molecule has 0 aliphatic heterocycles. The van der Waals surface area contributed by atoms with E-state index in [9.17, 15) is 14.7 Å². The summed E-state index contributed by atoms with van der Waals surface area (Å²) in [6, 6.07) is 9.61. The molecule has 4 heteroatoms. The molecule has 2 aromatic rings. The predicted molar refractivity (Wildman–Crippen MR) is 71.6 cm³/mol. The molecular weight excluding hydrogens is 256 g/mol. The van der Waals surface area contributed by atoms with Gasteiger partial charge in [0.15, 0.2) is 11.6 Å². The van der Waals surface area contributed by atoms with Crippen molar-refractivity contribution in [3.05, 3.63) is 69.8 Å². The number of fused-ring (bicyclic) bond motifs is 2. The molecule has 0 atom stereocenters. The highest BCUT2D eigenvalue weighted by Gasteiger charge is 2.31. The third kappa shape index (κ3) is 1.70. The number of aliphatic hydroxyl groups excluding tert-OH is 2. The second kappa shape index (κ2) is 4.67. The van der Waals surface area contributed by atoms with E-state index in [1.165, 1.54) is 6.07 Å². The fourth-order valence-electron chi connectivity index (χ4n) is 2.54. The lowest BCUT2D eigenvalue weighted by Crippen LogP contribution is -2.22. The zero-order valence-electron chi connectivity index (χ0n) is 10.6. The fourth-order valence-corrected chi connectivity index (χ4v) is 2.54. The summed E-state index contributed by atoms with van der Waals surface area (Å²) in [5, 5.41) is 18.5. The molecule has 0 fully saturated rings. The van der Waals surface area contributed by atoms with E-state index in [0.717, 1.165) is 0 Å². The van der Waals surface area contributed by atoms with E-state index in [1.54, 1.807) is 30.3 Å². The maximum atomic E-state index is 12.6. The van der Waals surface area contributed by atoms with E-state index >= 15 is 0 Å². The normalized spacial score (nSPS) is 13.1. The van der Waals surface area contributed by atoms with Gasteiger partial charge in [0.25, 0.3) is 0 Å². The lowest BCUT2D eigenvalue weighted by Gasteiger charge is -2.20. The van der Waals surface area contributed by atoms with Gasteiger partial charge < -0.3 is 10.2 Å². The number of carbonyl (C=O) groups is 2. The minimum Gasteiger partial charge on any atom is -0.392 e. The summed E-state index contributed by atoms with van der Waals surface area (Å²) in [6.45, 7) is -0.486. The Morgan fingerprint density at radius 1 is 0.800 bits per heavy atom. The molecule has 2 N–H and O–H groups in total. The van der Waals surface area contributed by atoms with Crippen molar-refractivity contribution >= 4 is 11.6 Å². The topological polar surface area (TPSA) is 74.6 Å². The minimum absolute atomic E-state index is 0.191. The van der Waals surface area contributed by atoms with Crippen molar-refractivity contribution in [2.75, 3.05) is 0 Å². The zero-order chi connectivity index (χ0) is 14.3. The summed E-state index contributed by atoms with van der Waals surface area (Å²) in [4.78, 5) is 25.0. The van der Waals surface area contributed by atoms with Gasteiger partial charge in [0.1, 0.15) is 0 Å². The minimum atomic E-state index is -0.294. The number of benzene rings is 2. The molecule has 1 aliphatic rings. The average molecular weight is 268 g/mol. The van der Waals surface area contributed by atoms with Gasteiger partial charge in [-0.15, -0.1) is 0 Å². The van der Waals surface area contributed by atoms with Crippen LogP contribution in [0.25, 0.3) is 0 Å². The first kappa shape index (κ1) is 12.7. The molecule has 20 heavy (non-hydrogen) atoms. The van der Waals surface area contributed by atoms with Crippen LogP contribution in [0.5, 0.6) is 0 Å². The van der Waals surface area contributed by atoms with Crippen LogP contribution in [-0.2, 0) is 13.2 Å². The highest BCUT2D eigenvalue weighted by Crippen LogP contribution is 2.30. The Balaban J connectivity index is 2.28. The van der Waals surface area contributed by atoms with Crippen LogP contribution in [0.1, 0.15) is 43.0 Å². The summed E-state index contributed by atoms with van der Waals surface area (Å²) in [5.74, 6) is -0.510. The summed E-state index contributed by atoms with van der Waals surface area (Å²) in [5.41, 5.74) is 2.24. The van der Waals surface area contributed by atoms with Crippen LogP contribution in [0.3, 0.4) is 0 Å². The molecule has 0 unspecified atom stereocenters. The fraction of sp³-hybridized carbons (Fsp3) is 0.125. The van der Waals surface area contributed by atoms with E-state index in [-0.39, 0.29) is 35.9 Å². The first-order valence-electron chi connectivity index (χ1n) is 6.23. The van der Waals surface area contributed by atoms with Crippen LogP contribution < -0.4 is 0 Å². The highest BCUT2D eigenvalue weighted by molar-refractivity contribution is 6.28. The molecule has 0 amide bonds. The highest BCUT2D eigenvalue weighted by atomic mass is 16.3. The molecular formula is C16H12O4. The maximum Gasteiger partial charge on any atom is 0.194 e. The number of hydrogen-bond acceptors (Lipinski definition) is 4. The van der Waals surface area contributed by atoms with Gasteiger partial charge in [0.2, 0.25) is 0 Å². The van der Waals surface area contributed by atoms with Crippen LogP contribution in [-0.4, -0.2) is 21.8 Å². The van der Waals surface area contributed by atoms with E-state index in [0.29, 0.717) is 22.3 Å². The molecule has 1 aliphatic carbocycles. The van der Waals surface area contributed by atoms with Gasteiger partial charge in [-0.3, -0.25) is 9.59 Å². The molecule has 0 spiro atoms. The van der Waals surface area contributed by atoms with Gasteiger partial charge in [-0.05, 0) is 23.3 Å². The second-order valence-corrected chi connectivity index (χ2v) is 4.69. The molecule has 4 nitrogen and oxygen atoms in total. The van der Waals surface area contributed by atoms with Crippen LogP contribution in [0, 0.1) is 0 Å². The van der Waals surface area contributed by atoms with Crippen LogP contribution >= 0.6 is 0 Å². The smallest absolute Gasteiger partial charge is 0.194 e. The van der Waals surface area contributed by atoms with E-state index in [2.05, 4.69) is 0 Å². The van der Waals surface area contributed by atoms with Crippen molar-refractivity contribution in [1.29, 1.82) is 0 Å². The molecule has 0 radical (unpaired) electrons. The van der Waals surface area contributed by atoms with Crippen molar-refractivity contribution in [2.24, 2.45) is 0 Å². The first-order chi connectivity index (χ1) is 9.67. The Kier molecular flexibility index (Phi) is 2.97. The van der Waals surface area contributed by atoms with Crippen molar-refractivity contribution < 1.29 is 19.8 Å². The van der Waals surface area contributed by atoms with Crippen molar-refractivity contribution in [2.45, 2.75) is 13.2 Å². The van der Waals surface area contributed by atoms with Gasteiger partial charge in [-0.2, -0.15) is 0 Å². The first-order valence-corrected chi connectivity index (χ1v) is 6.23. The Bertz CT molecular complexity index is 731. The third-order valence-corrected chi connectivity index (χ3v) is 3.55. The number of ketones is 2. The second-order valence-electron chi connectivity index (χ2n) is 4.69. The van der Waals surface area contributed by atoms with Gasteiger partial charge in [-0.1, -0.05) is 24.3 Å². The molecule has 0 heterocycles. The Hall–Kier alpha value is -2.30. The summed E-state index contributed by atoms with van der Waals surface area (Å²) in [6.07, 6.45) is 0. The largest absolute Gasteiger partial charge is 0.392 e. The van der Waals surface area contributed by atoms with Crippen molar-refractivity contribution in [3.63, 3.8) is 0 Å². The average Bonchev–Trinajstić information content (AvgIpc) is 2.51. The number of rotatable bonds is 2. The summed E-state index contributed by atoms with van der Waals surface area (Å²) >= 11 is 0. The van der Waals surface area contributed by atoms with Crippen LogP contribution in [0.2, 0.25) is 0 Å². The SMILES string of the molecule is O=C1c2ccc(CO)cc2C(=O)c2c(CO)cccc21. The van der Waals surface area contributed by atoms with Gasteiger partial charge in [-0.25, -0.2) is 0 Å². The van der Waals surface area contributed by atoms with Gasteiger partial charge in [0, 0.05) is 22.3 Å². The van der Waals surface area contributed by atoms with E-state index in [1.807, 2.05) is 0 Å². The van der Waals surface area contributed by atoms with Crippen molar-refractivity contribution in [1.82, 2.24) is 0 Å². The zero-order valence-corrected chi connectivity index (χ0v) is 10.6. The summed E-state index contributed by atoms with van der Waals surface area (Å²) < 4.78 is 0. The van der Waals surface area contributed by atoms with Crippen LogP contribution in [0.15, 0.2) is 36.4 Å². The molecule has 0 saturated heterocycles. The molecule has 2 aromatic carbocycles. The van der Waals surface area contributed by atoms with E-state index < -0.39 is 0 Å².